The molecule has 1 aliphatic rings. The van der Waals surface area contributed by atoms with Crippen molar-refractivity contribution in [2.75, 3.05) is 13.1 Å². The van der Waals surface area contributed by atoms with E-state index in [2.05, 4.69) is 46.9 Å². The summed E-state index contributed by atoms with van der Waals surface area (Å²) in [5.41, 5.74) is 5.48. The number of rotatable bonds is 7. The summed E-state index contributed by atoms with van der Waals surface area (Å²) < 4.78 is 1.94. The number of quaternary nitrogens is 1. The first kappa shape index (κ1) is 18.0. The van der Waals surface area contributed by atoms with Crippen molar-refractivity contribution in [1.82, 2.24) is 20.2 Å². The minimum Gasteiger partial charge on any atom is -0.369 e. The highest BCUT2D eigenvalue weighted by atomic mass is 32.1. The second kappa shape index (κ2) is 8.05. The number of nitrogens with two attached hydrogens (primary N) is 1. The van der Waals surface area contributed by atoms with Crippen LogP contribution in [0.1, 0.15) is 49.9 Å². The van der Waals surface area contributed by atoms with Crippen LogP contribution in [0, 0.1) is 11.8 Å². The van der Waals surface area contributed by atoms with Gasteiger partial charge in [0.05, 0.1) is 19.6 Å². The number of nitrogens with one attached hydrogen (secondary N) is 1. The Hall–Kier alpha value is -1.80. The summed E-state index contributed by atoms with van der Waals surface area (Å²) in [7, 11) is 0. The number of piperidine rings is 1. The van der Waals surface area contributed by atoms with E-state index in [4.69, 9.17) is 5.73 Å². The van der Waals surface area contributed by atoms with Crippen LogP contribution >= 0.6 is 11.3 Å². The largest absolute Gasteiger partial charge is 0.369 e. The van der Waals surface area contributed by atoms with Crippen LogP contribution in [-0.4, -0.2) is 39.2 Å². The van der Waals surface area contributed by atoms with Gasteiger partial charge in [0.2, 0.25) is 11.7 Å². The molecule has 0 saturated carbocycles. The van der Waals surface area contributed by atoms with Crippen molar-refractivity contribution >= 4 is 17.2 Å². The lowest BCUT2D eigenvalue weighted by atomic mass is 9.93. The number of tetrazole rings is 1. The van der Waals surface area contributed by atoms with E-state index < -0.39 is 0 Å². The summed E-state index contributed by atoms with van der Waals surface area (Å²) in [5, 5.41) is 14.6. The third-order valence-electron chi connectivity index (χ3n) is 4.99. The van der Waals surface area contributed by atoms with Crippen LogP contribution in [0.2, 0.25) is 0 Å². The first-order valence-electron chi connectivity index (χ1n) is 8.97. The highest BCUT2D eigenvalue weighted by molar-refractivity contribution is 7.09. The summed E-state index contributed by atoms with van der Waals surface area (Å²) >= 11 is 1.72. The molecule has 3 rings (SSSR count). The second-order valence-electron chi connectivity index (χ2n) is 7.29. The molecule has 1 saturated heterocycles. The van der Waals surface area contributed by atoms with Gasteiger partial charge in [-0.2, -0.15) is 0 Å². The number of likely N-dealkylation sites (tertiary alicyclic amines) is 1. The van der Waals surface area contributed by atoms with Crippen molar-refractivity contribution in [3.05, 3.63) is 28.2 Å². The van der Waals surface area contributed by atoms with E-state index >= 15 is 0 Å². The normalized spacial score (nSPS) is 22.2. The van der Waals surface area contributed by atoms with E-state index in [1.807, 2.05) is 4.68 Å². The quantitative estimate of drug-likeness (QED) is 0.756. The lowest BCUT2D eigenvalue weighted by molar-refractivity contribution is -0.938. The molecule has 25 heavy (non-hydrogen) atoms. The molecule has 0 aromatic carbocycles. The molecule has 136 valence electrons. The lowest BCUT2D eigenvalue weighted by Gasteiger charge is -2.33. The first-order chi connectivity index (χ1) is 12.0. The van der Waals surface area contributed by atoms with Gasteiger partial charge in [-0.25, -0.2) is 4.68 Å². The van der Waals surface area contributed by atoms with Crippen LogP contribution in [0.3, 0.4) is 0 Å². The van der Waals surface area contributed by atoms with Gasteiger partial charge in [-0.1, -0.05) is 19.9 Å². The molecule has 2 aromatic heterocycles. The molecular formula is C17H27N6OS+. The van der Waals surface area contributed by atoms with Gasteiger partial charge in [0, 0.05) is 30.1 Å². The van der Waals surface area contributed by atoms with Crippen LogP contribution in [0.25, 0.3) is 0 Å². The molecule has 0 bridgehead atoms. The third kappa shape index (κ3) is 4.43. The number of amides is 1. The highest BCUT2D eigenvalue weighted by Crippen LogP contribution is 2.20. The van der Waals surface area contributed by atoms with Crippen molar-refractivity contribution in [1.29, 1.82) is 0 Å². The Bertz CT molecular complexity index is 675. The minimum atomic E-state index is -0.165. The zero-order valence-electron chi connectivity index (χ0n) is 14.9. The molecule has 0 unspecified atom stereocenters. The number of primary amides is 1. The molecule has 1 atom stereocenters. The molecule has 3 N–H and O–H groups in total. The minimum absolute atomic E-state index is 0.0190. The fourth-order valence-electron chi connectivity index (χ4n) is 3.67. The van der Waals surface area contributed by atoms with Gasteiger partial charge in [-0.15, -0.1) is 16.4 Å². The molecule has 8 heteroatoms. The molecular weight excluding hydrogens is 336 g/mol. The molecule has 1 amide bonds. The fraction of sp³-hybridized carbons (Fsp3) is 0.647. The lowest BCUT2D eigenvalue weighted by Crippen LogP contribution is -3.13. The van der Waals surface area contributed by atoms with Crippen molar-refractivity contribution in [3.8, 4) is 0 Å². The molecule has 1 aliphatic heterocycles. The zero-order valence-corrected chi connectivity index (χ0v) is 15.7. The Morgan fingerprint density at radius 2 is 2.20 bits per heavy atom. The smallest absolute Gasteiger partial charge is 0.220 e. The van der Waals surface area contributed by atoms with Gasteiger partial charge in [0.1, 0.15) is 6.04 Å². The maximum Gasteiger partial charge on any atom is 0.220 e. The fourth-order valence-corrected chi connectivity index (χ4v) is 4.36. The Balaban J connectivity index is 1.77. The zero-order chi connectivity index (χ0) is 17.8. The second-order valence-corrected chi connectivity index (χ2v) is 8.32. The first-order valence-corrected chi connectivity index (χ1v) is 9.85. The number of carbonyl (C=O) groups excluding carboxylic acids is 1. The summed E-state index contributed by atoms with van der Waals surface area (Å²) in [4.78, 5) is 14.2. The van der Waals surface area contributed by atoms with E-state index in [0.29, 0.717) is 12.5 Å². The van der Waals surface area contributed by atoms with Crippen molar-refractivity contribution in [3.63, 3.8) is 0 Å². The summed E-state index contributed by atoms with van der Waals surface area (Å²) in [6.07, 6.45) is 2.74. The Kier molecular flexibility index (Phi) is 5.80. The van der Waals surface area contributed by atoms with Crippen molar-refractivity contribution in [2.45, 2.75) is 45.7 Å². The number of carbonyl (C=O) groups is 1. The standard InChI is InChI=1S/C17H26N6OS/c1-12(2)10-15(22-7-5-13(6-8-22)16(18)24)17-19-20-21-23(17)11-14-4-3-9-25-14/h3-4,9,12-13,15H,5-8,10-11H2,1-2H3,(H2,18,24)/p+1/t15-/m1/s1. The van der Waals surface area contributed by atoms with Crippen molar-refractivity contribution in [2.24, 2.45) is 17.6 Å². The Labute approximate surface area is 152 Å². The van der Waals surface area contributed by atoms with Gasteiger partial charge >= 0.3 is 0 Å². The molecule has 0 aliphatic carbocycles. The van der Waals surface area contributed by atoms with Gasteiger partial charge < -0.3 is 10.6 Å². The van der Waals surface area contributed by atoms with Crippen LogP contribution in [0.4, 0.5) is 0 Å². The van der Waals surface area contributed by atoms with E-state index in [-0.39, 0.29) is 17.9 Å². The molecule has 0 radical (unpaired) electrons. The average Bonchev–Trinajstić information content (AvgIpc) is 3.25. The van der Waals surface area contributed by atoms with Crippen LogP contribution < -0.4 is 10.6 Å². The average molecular weight is 364 g/mol. The molecule has 2 aromatic rings. The van der Waals surface area contributed by atoms with E-state index in [1.165, 1.54) is 9.78 Å². The third-order valence-corrected chi connectivity index (χ3v) is 5.85. The number of hydrogen-bond donors (Lipinski definition) is 2. The molecule has 7 nitrogen and oxygen atoms in total. The van der Waals surface area contributed by atoms with Gasteiger partial charge in [-0.3, -0.25) is 4.79 Å². The molecule has 1 fully saturated rings. The van der Waals surface area contributed by atoms with E-state index in [1.54, 1.807) is 11.3 Å². The summed E-state index contributed by atoms with van der Waals surface area (Å²) in [5.74, 6) is 1.36. The van der Waals surface area contributed by atoms with Gasteiger partial charge in [-0.05, 0) is 27.8 Å². The number of thiophene rings is 1. The summed E-state index contributed by atoms with van der Waals surface area (Å²) in [6, 6.07) is 4.41. The number of hydrogen-bond acceptors (Lipinski definition) is 5. The maximum absolute atomic E-state index is 11.4. The predicted octanol–water partition coefficient (Wildman–Crippen LogP) is 0.650. The number of aromatic nitrogens is 4. The van der Waals surface area contributed by atoms with Crippen LogP contribution in [0.15, 0.2) is 17.5 Å². The Morgan fingerprint density at radius 3 is 2.80 bits per heavy atom. The topological polar surface area (TPSA) is 91.1 Å². The summed E-state index contributed by atoms with van der Waals surface area (Å²) in [6.45, 7) is 7.06. The van der Waals surface area contributed by atoms with Gasteiger partial charge in [0.15, 0.2) is 0 Å². The Morgan fingerprint density at radius 1 is 1.44 bits per heavy atom. The number of nitrogens with zero attached hydrogens (tertiary/aromatic N) is 4. The van der Waals surface area contributed by atoms with E-state index in [0.717, 1.165) is 38.2 Å². The maximum atomic E-state index is 11.4. The van der Waals surface area contributed by atoms with Crippen LogP contribution in [-0.2, 0) is 11.3 Å². The monoisotopic (exact) mass is 363 g/mol. The highest BCUT2D eigenvalue weighted by Gasteiger charge is 2.35. The van der Waals surface area contributed by atoms with Crippen LogP contribution in [0.5, 0.6) is 0 Å². The SMILES string of the molecule is CC(C)C[C@H](c1nnnn1Cc1cccs1)[NH+]1CCC(C(N)=O)CC1. The van der Waals surface area contributed by atoms with Crippen molar-refractivity contribution < 1.29 is 9.69 Å². The predicted molar refractivity (Wildman–Crippen MR) is 96.0 cm³/mol. The molecule has 0 spiro atoms. The molecule has 3 heterocycles. The van der Waals surface area contributed by atoms with E-state index in [9.17, 15) is 4.79 Å². The van der Waals surface area contributed by atoms with Gasteiger partial charge in [0.25, 0.3) is 0 Å².